The summed E-state index contributed by atoms with van der Waals surface area (Å²) < 4.78 is 0. The van der Waals surface area contributed by atoms with Gasteiger partial charge in [-0.15, -0.1) is 0 Å². The van der Waals surface area contributed by atoms with Crippen molar-refractivity contribution in [1.29, 1.82) is 0 Å². The van der Waals surface area contributed by atoms with E-state index >= 15 is 0 Å². The number of nitrogen functional groups attached to an aromatic ring is 1. The lowest BCUT2D eigenvalue weighted by molar-refractivity contribution is 0.103. The molecule has 0 unspecified atom stereocenters. The van der Waals surface area contributed by atoms with Gasteiger partial charge in [-0.1, -0.05) is 40.9 Å². The molecule has 0 atom stereocenters. The molecule has 0 spiro atoms. The number of benzene rings is 2. The molecular formula is C13H8Cl3NO. The molecule has 0 aliphatic heterocycles. The molecule has 0 aromatic heterocycles. The first kappa shape index (κ1) is 13.2. The Morgan fingerprint density at radius 2 is 1.56 bits per heavy atom. The van der Waals surface area contributed by atoms with E-state index in [9.17, 15) is 4.79 Å². The van der Waals surface area contributed by atoms with Gasteiger partial charge in [0.15, 0.2) is 5.78 Å². The molecule has 0 saturated heterocycles. The van der Waals surface area contributed by atoms with Gasteiger partial charge < -0.3 is 5.73 Å². The number of anilines is 1. The third-order valence-corrected chi connectivity index (χ3v) is 3.41. The van der Waals surface area contributed by atoms with E-state index in [0.29, 0.717) is 26.3 Å². The molecule has 0 fully saturated rings. The molecule has 18 heavy (non-hydrogen) atoms. The average molecular weight is 301 g/mol. The standard InChI is InChI=1S/C13H8Cl3NO/c14-8-2-1-3-9(15)12(8)13(18)7-4-5-11(17)10(16)6-7/h1-6H,17H2. The zero-order valence-corrected chi connectivity index (χ0v) is 11.4. The van der Waals surface area contributed by atoms with Crippen LogP contribution in [0.3, 0.4) is 0 Å². The fraction of sp³-hybridized carbons (Fsp3) is 0. The number of ketones is 1. The third-order valence-electron chi connectivity index (χ3n) is 2.45. The van der Waals surface area contributed by atoms with Gasteiger partial charge in [-0.05, 0) is 30.3 Å². The molecule has 0 bridgehead atoms. The Kier molecular flexibility index (Phi) is 3.81. The summed E-state index contributed by atoms with van der Waals surface area (Å²) in [6, 6.07) is 9.55. The van der Waals surface area contributed by atoms with Crippen molar-refractivity contribution in [3.63, 3.8) is 0 Å². The second-order valence-corrected chi connectivity index (χ2v) is 4.88. The van der Waals surface area contributed by atoms with Gasteiger partial charge in [0.05, 0.1) is 26.3 Å². The van der Waals surface area contributed by atoms with Crippen LogP contribution in [0.15, 0.2) is 36.4 Å². The Hall–Kier alpha value is -1.22. The van der Waals surface area contributed by atoms with Crippen LogP contribution in [0.1, 0.15) is 15.9 Å². The van der Waals surface area contributed by atoms with E-state index in [4.69, 9.17) is 40.5 Å². The minimum atomic E-state index is -0.285. The third kappa shape index (κ3) is 2.46. The number of carbonyl (C=O) groups excluding carboxylic acids is 1. The first-order chi connectivity index (χ1) is 8.50. The van der Waals surface area contributed by atoms with E-state index in [2.05, 4.69) is 0 Å². The fourth-order valence-electron chi connectivity index (χ4n) is 1.53. The lowest BCUT2D eigenvalue weighted by atomic mass is 10.0. The monoisotopic (exact) mass is 299 g/mol. The van der Waals surface area contributed by atoms with Crippen LogP contribution >= 0.6 is 34.8 Å². The SMILES string of the molecule is Nc1ccc(C(=O)c2c(Cl)cccc2Cl)cc1Cl. The molecule has 2 aromatic rings. The summed E-state index contributed by atoms with van der Waals surface area (Å²) >= 11 is 17.8. The number of hydrogen-bond donors (Lipinski definition) is 1. The van der Waals surface area contributed by atoms with Crippen molar-refractivity contribution < 1.29 is 4.79 Å². The zero-order chi connectivity index (χ0) is 13.3. The summed E-state index contributed by atoms with van der Waals surface area (Å²) in [6.45, 7) is 0. The number of halogens is 3. The van der Waals surface area contributed by atoms with Gasteiger partial charge in [0.25, 0.3) is 0 Å². The first-order valence-electron chi connectivity index (χ1n) is 5.04. The Balaban J connectivity index is 2.51. The van der Waals surface area contributed by atoms with Crippen molar-refractivity contribution in [2.24, 2.45) is 0 Å². The molecule has 2 aromatic carbocycles. The summed E-state index contributed by atoms with van der Waals surface area (Å²) in [4.78, 5) is 12.3. The highest BCUT2D eigenvalue weighted by atomic mass is 35.5. The highest BCUT2D eigenvalue weighted by molar-refractivity contribution is 6.41. The van der Waals surface area contributed by atoms with Crippen LogP contribution in [0.2, 0.25) is 15.1 Å². The van der Waals surface area contributed by atoms with Crippen molar-refractivity contribution in [2.45, 2.75) is 0 Å². The summed E-state index contributed by atoms with van der Waals surface area (Å²) in [5, 5.41) is 0.935. The van der Waals surface area contributed by atoms with E-state index in [0.717, 1.165) is 0 Å². The molecule has 0 heterocycles. The van der Waals surface area contributed by atoms with Crippen LogP contribution in [-0.2, 0) is 0 Å². The maximum Gasteiger partial charge on any atom is 0.196 e. The minimum Gasteiger partial charge on any atom is -0.398 e. The smallest absolute Gasteiger partial charge is 0.196 e. The Labute approximate surface area is 119 Å². The number of hydrogen-bond acceptors (Lipinski definition) is 2. The van der Waals surface area contributed by atoms with E-state index in [1.54, 1.807) is 30.3 Å². The van der Waals surface area contributed by atoms with Crippen LogP contribution in [0.25, 0.3) is 0 Å². The highest BCUT2D eigenvalue weighted by Crippen LogP contribution is 2.28. The molecule has 0 amide bonds. The second-order valence-electron chi connectivity index (χ2n) is 3.66. The number of rotatable bonds is 2. The molecule has 0 radical (unpaired) electrons. The maximum atomic E-state index is 12.3. The zero-order valence-electron chi connectivity index (χ0n) is 9.08. The number of carbonyl (C=O) groups is 1. The van der Waals surface area contributed by atoms with Crippen molar-refractivity contribution in [3.05, 3.63) is 62.6 Å². The van der Waals surface area contributed by atoms with Crippen LogP contribution in [-0.4, -0.2) is 5.78 Å². The predicted molar refractivity (Wildman–Crippen MR) is 75.8 cm³/mol. The summed E-state index contributed by atoms with van der Waals surface area (Å²) in [7, 11) is 0. The van der Waals surface area contributed by atoms with E-state index < -0.39 is 0 Å². The van der Waals surface area contributed by atoms with Gasteiger partial charge in [-0.3, -0.25) is 4.79 Å². The predicted octanol–water partition coefficient (Wildman–Crippen LogP) is 4.46. The van der Waals surface area contributed by atoms with Gasteiger partial charge in [-0.2, -0.15) is 0 Å². The Morgan fingerprint density at radius 1 is 0.944 bits per heavy atom. The first-order valence-corrected chi connectivity index (χ1v) is 6.18. The largest absolute Gasteiger partial charge is 0.398 e. The van der Waals surface area contributed by atoms with Crippen LogP contribution in [0.4, 0.5) is 5.69 Å². The van der Waals surface area contributed by atoms with Crippen molar-refractivity contribution in [1.82, 2.24) is 0 Å². The molecular weight excluding hydrogens is 293 g/mol. The molecule has 2 rings (SSSR count). The molecule has 0 aliphatic carbocycles. The van der Waals surface area contributed by atoms with E-state index in [1.807, 2.05) is 0 Å². The topological polar surface area (TPSA) is 43.1 Å². The van der Waals surface area contributed by atoms with E-state index in [1.165, 1.54) is 6.07 Å². The lowest BCUT2D eigenvalue weighted by Crippen LogP contribution is -2.03. The molecule has 92 valence electrons. The average Bonchev–Trinajstić information content (AvgIpc) is 2.32. The lowest BCUT2D eigenvalue weighted by Gasteiger charge is -2.07. The highest BCUT2D eigenvalue weighted by Gasteiger charge is 2.17. The Bertz CT molecular complexity index is 605. The van der Waals surface area contributed by atoms with Gasteiger partial charge in [-0.25, -0.2) is 0 Å². The van der Waals surface area contributed by atoms with Gasteiger partial charge in [0.2, 0.25) is 0 Å². The van der Waals surface area contributed by atoms with E-state index in [-0.39, 0.29) is 11.3 Å². The van der Waals surface area contributed by atoms with Crippen molar-refractivity contribution >= 4 is 46.3 Å². The van der Waals surface area contributed by atoms with Crippen molar-refractivity contribution in [2.75, 3.05) is 5.73 Å². The molecule has 0 saturated carbocycles. The molecule has 5 heteroatoms. The summed E-state index contributed by atoms with van der Waals surface area (Å²) in [5.41, 5.74) is 6.67. The van der Waals surface area contributed by atoms with Crippen LogP contribution in [0, 0.1) is 0 Å². The Morgan fingerprint density at radius 3 is 2.11 bits per heavy atom. The van der Waals surface area contributed by atoms with Crippen LogP contribution < -0.4 is 5.73 Å². The molecule has 0 aliphatic rings. The molecule has 2 nitrogen and oxygen atoms in total. The van der Waals surface area contributed by atoms with Crippen molar-refractivity contribution in [3.8, 4) is 0 Å². The minimum absolute atomic E-state index is 0.265. The van der Waals surface area contributed by atoms with Crippen LogP contribution in [0.5, 0.6) is 0 Å². The fourth-order valence-corrected chi connectivity index (χ4v) is 2.28. The number of nitrogens with two attached hydrogens (primary N) is 1. The van der Waals surface area contributed by atoms with Gasteiger partial charge >= 0.3 is 0 Å². The van der Waals surface area contributed by atoms with Gasteiger partial charge in [0, 0.05) is 5.56 Å². The quantitative estimate of drug-likeness (QED) is 0.657. The second kappa shape index (κ2) is 5.19. The summed E-state index contributed by atoms with van der Waals surface area (Å²) in [5.74, 6) is -0.285. The summed E-state index contributed by atoms with van der Waals surface area (Å²) in [6.07, 6.45) is 0. The van der Waals surface area contributed by atoms with Gasteiger partial charge in [0.1, 0.15) is 0 Å². The molecule has 2 N–H and O–H groups in total. The normalized spacial score (nSPS) is 10.4. The maximum absolute atomic E-state index is 12.3.